The van der Waals surface area contributed by atoms with Gasteiger partial charge in [0, 0.05) is 26.8 Å². The van der Waals surface area contributed by atoms with Crippen LogP contribution in [0.2, 0.25) is 0 Å². The van der Waals surface area contributed by atoms with Gasteiger partial charge in [0.15, 0.2) is 0 Å². The minimum atomic E-state index is 0.319. The van der Waals surface area contributed by atoms with Crippen molar-refractivity contribution in [1.82, 2.24) is 4.90 Å². The Morgan fingerprint density at radius 2 is 1.65 bits per heavy atom. The van der Waals surface area contributed by atoms with Gasteiger partial charge in [0.1, 0.15) is 0 Å². The van der Waals surface area contributed by atoms with Crippen molar-refractivity contribution >= 4 is 0 Å². The molecule has 0 aromatic carbocycles. The van der Waals surface area contributed by atoms with E-state index < -0.39 is 0 Å². The second-order valence-corrected chi connectivity index (χ2v) is 7.57. The van der Waals surface area contributed by atoms with Gasteiger partial charge in [-0.3, -0.25) is 4.90 Å². The molecule has 0 radical (unpaired) electrons. The smallest absolute Gasteiger partial charge is 0.0836 e. The molecule has 0 bridgehead atoms. The van der Waals surface area contributed by atoms with Crippen LogP contribution in [0.3, 0.4) is 0 Å². The fourth-order valence-corrected chi connectivity index (χ4v) is 6.12. The topological polar surface area (TPSA) is 21.7 Å². The molecular formula is C17H29NO2. The molecule has 2 aliphatic carbocycles. The summed E-state index contributed by atoms with van der Waals surface area (Å²) in [5.41, 5.74) is 0. The van der Waals surface area contributed by atoms with Gasteiger partial charge in [-0.15, -0.1) is 0 Å². The standard InChI is InChI=1S/C17H29NO2/c1-19-15-8-12-10-18-7-6-11-4-3-5-13(17(11)18)14(12)9-16(15)20-2/h11-17H,3-10H2,1-2H3. The van der Waals surface area contributed by atoms with Crippen molar-refractivity contribution in [3.63, 3.8) is 0 Å². The van der Waals surface area contributed by atoms with Gasteiger partial charge in [0.25, 0.3) is 0 Å². The minimum absolute atomic E-state index is 0.319. The average molecular weight is 279 g/mol. The van der Waals surface area contributed by atoms with E-state index in [0.717, 1.165) is 29.7 Å². The summed E-state index contributed by atoms with van der Waals surface area (Å²) in [5, 5.41) is 0. The molecule has 3 nitrogen and oxygen atoms in total. The van der Waals surface area contributed by atoms with E-state index in [4.69, 9.17) is 9.47 Å². The van der Waals surface area contributed by atoms with E-state index in [2.05, 4.69) is 4.90 Å². The Labute approximate surface area is 123 Å². The molecule has 2 heterocycles. The fourth-order valence-electron chi connectivity index (χ4n) is 6.12. The zero-order valence-corrected chi connectivity index (χ0v) is 13.0. The quantitative estimate of drug-likeness (QED) is 0.775. The van der Waals surface area contributed by atoms with Crippen LogP contribution < -0.4 is 0 Å². The largest absolute Gasteiger partial charge is 0.379 e. The van der Waals surface area contributed by atoms with Crippen LogP contribution in [0, 0.1) is 23.7 Å². The van der Waals surface area contributed by atoms with E-state index in [0.29, 0.717) is 12.2 Å². The van der Waals surface area contributed by atoms with Crippen molar-refractivity contribution in [1.29, 1.82) is 0 Å². The summed E-state index contributed by atoms with van der Waals surface area (Å²) in [6.45, 7) is 2.69. The lowest BCUT2D eigenvalue weighted by Gasteiger charge is -2.54. The molecule has 0 spiro atoms. The van der Waals surface area contributed by atoms with Gasteiger partial charge in [0.2, 0.25) is 0 Å². The summed E-state index contributed by atoms with van der Waals surface area (Å²) >= 11 is 0. The van der Waals surface area contributed by atoms with Crippen LogP contribution >= 0.6 is 0 Å². The van der Waals surface area contributed by atoms with Crippen molar-refractivity contribution in [2.24, 2.45) is 23.7 Å². The Morgan fingerprint density at radius 3 is 2.45 bits per heavy atom. The van der Waals surface area contributed by atoms with Gasteiger partial charge < -0.3 is 9.47 Å². The molecule has 0 N–H and O–H groups in total. The lowest BCUT2D eigenvalue weighted by Crippen LogP contribution is -2.57. The van der Waals surface area contributed by atoms with E-state index >= 15 is 0 Å². The third-order valence-corrected chi connectivity index (χ3v) is 6.93. The first-order chi connectivity index (χ1) is 9.81. The molecule has 0 aromatic rings. The molecule has 7 unspecified atom stereocenters. The summed E-state index contributed by atoms with van der Waals surface area (Å²) in [6.07, 6.45) is 8.98. The van der Waals surface area contributed by atoms with Crippen molar-refractivity contribution < 1.29 is 9.47 Å². The highest BCUT2D eigenvalue weighted by Gasteiger charge is 2.53. The molecule has 2 aliphatic heterocycles. The molecule has 0 aromatic heterocycles. The summed E-state index contributed by atoms with van der Waals surface area (Å²) in [4.78, 5) is 2.84. The molecule has 4 rings (SSSR count). The van der Waals surface area contributed by atoms with Crippen molar-refractivity contribution in [3.05, 3.63) is 0 Å². The van der Waals surface area contributed by atoms with E-state index in [1.165, 1.54) is 51.6 Å². The maximum Gasteiger partial charge on any atom is 0.0836 e. The number of hydrogen-bond donors (Lipinski definition) is 0. The molecule has 0 amide bonds. The third-order valence-electron chi connectivity index (χ3n) is 6.93. The average Bonchev–Trinajstić information content (AvgIpc) is 2.91. The van der Waals surface area contributed by atoms with Crippen LogP contribution in [0.1, 0.15) is 38.5 Å². The number of piperidine rings is 1. The van der Waals surface area contributed by atoms with E-state index in [-0.39, 0.29) is 0 Å². The zero-order chi connectivity index (χ0) is 13.7. The Kier molecular flexibility index (Phi) is 3.56. The monoisotopic (exact) mass is 279 g/mol. The highest BCUT2D eigenvalue weighted by atomic mass is 16.5. The molecule has 4 aliphatic rings. The first kappa shape index (κ1) is 13.5. The predicted molar refractivity (Wildman–Crippen MR) is 78.6 cm³/mol. The van der Waals surface area contributed by atoms with Crippen molar-refractivity contribution in [2.75, 3.05) is 27.3 Å². The van der Waals surface area contributed by atoms with Crippen LogP contribution in [0.15, 0.2) is 0 Å². The van der Waals surface area contributed by atoms with Gasteiger partial charge in [0.05, 0.1) is 12.2 Å². The van der Waals surface area contributed by atoms with Crippen LogP contribution in [-0.4, -0.2) is 50.5 Å². The SMILES string of the molecule is COC1CC2CN3CCC4CCCC(C2CC1OC)C43. The Balaban J connectivity index is 1.58. The number of rotatable bonds is 2. The molecule has 20 heavy (non-hydrogen) atoms. The van der Waals surface area contributed by atoms with E-state index in [1.807, 2.05) is 14.2 Å². The third kappa shape index (κ3) is 1.97. The Morgan fingerprint density at radius 1 is 0.850 bits per heavy atom. The summed E-state index contributed by atoms with van der Waals surface area (Å²) in [7, 11) is 3.72. The van der Waals surface area contributed by atoms with Gasteiger partial charge in [-0.25, -0.2) is 0 Å². The second kappa shape index (κ2) is 5.26. The maximum atomic E-state index is 5.75. The Hall–Kier alpha value is -0.120. The molecule has 3 heteroatoms. The molecular weight excluding hydrogens is 250 g/mol. The molecule has 2 saturated heterocycles. The molecule has 2 saturated carbocycles. The van der Waals surface area contributed by atoms with Crippen LogP contribution in [0.25, 0.3) is 0 Å². The lowest BCUT2D eigenvalue weighted by molar-refractivity contribution is -0.127. The number of hydrogen-bond acceptors (Lipinski definition) is 3. The Bertz CT molecular complexity index is 359. The van der Waals surface area contributed by atoms with Gasteiger partial charge in [-0.2, -0.15) is 0 Å². The van der Waals surface area contributed by atoms with Gasteiger partial charge in [-0.1, -0.05) is 6.42 Å². The number of fused-ring (bicyclic) bond motifs is 2. The fraction of sp³-hybridized carbons (Fsp3) is 1.00. The summed E-state index contributed by atoms with van der Waals surface area (Å²) in [6, 6.07) is 0.918. The van der Waals surface area contributed by atoms with Crippen molar-refractivity contribution in [2.45, 2.75) is 56.8 Å². The predicted octanol–water partition coefficient (Wildman–Crippen LogP) is 2.55. The van der Waals surface area contributed by atoms with Crippen LogP contribution in [0.5, 0.6) is 0 Å². The first-order valence-corrected chi connectivity index (χ1v) is 8.61. The van der Waals surface area contributed by atoms with Gasteiger partial charge in [-0.05, 0) is 62.3 Å². The number of nitrogens with zero attached hydrogens (tertiary/aromatic N) is 1. The van der Waals surface area contributed by atoms with Gasteiger partial charge >= 0.3 is 0 Å². The summed E-state index contributed by atoms with van der Waals surface area (Å²) in [5.74, 6) is 3.71. The molecule has 7 atom stereocenters. The van der Waals surface area contributed by atoms with Crippen LogP contribution in [-0.2, 0) is 9.47 Å². The van der Waals surface area contributed by atoms with Crippen LogP contribution in [0.4, 0.5) is 0 Å². The lowest BCUT2D eigenvalue weighted by atomic mass is 9.60. The zero-order valence-electron chi connectivity index (χ0n) is 13.0. The second-order valence-electron chi connectivity index (χ2n) is 7.57. The maximum absolute atomic E-state index is 5.75. The van der Waals surface area contributed by atoms with Crippen molar-refractivity contribution in [3.8, 4) is 0 Å². The number of methoxy groups -OCH3 is 2. The molecule has 114 valence electrons. The normalized spacial score (nSPS) is 51.6. The number of ether oxygens (including phenoxy) is 2. The highest BCUT2D eigenvalue weighted by Crippen LogP contribution is 2.52. The first-order valence-electron chi connectivity index (χ1n) is 8.61. The highest BCUT2D eigenvalue weighted by molar-refractivity contribution is 5.05. The van der Waals surface area contributed by atoms with E-state index in [9.17, 15) is 0 Å². The molecule has 4 fully saturated rings. The van der Waals surface area contributed by atoms with E-state index in [1.54, 1.807) is 0 Å². The minimum Gasteiger partial charge on any atom is -0.379 e. The summed E-state index contributed by atoms with van der Waals surface area (Å²) < 4.78 is 11.5.